The number of rotatable bonds is 9. The van der Waals surface area contributed by atoms with E-state index in [1.807, 2.05) is 19.2 Å². The molecular formula is C25H30F5N5O3S. The Labute approximate surface area is 226 Å². The second-order valence-electron chi connectivity index (χ2n) is 9.74. The van der Waals surface area contributed by atoms with Crippen LogP contribution in [0.3, 0.4) is 0 Å². The molecule has 3 unspecified atom stereocenters. The molecular weight excluding hydrogens is 545 g/mol. The van der Waals surface area contributed by atoms with E-state index >= 15 is 0 Å². The number of likely N-dealkylation sites (tertiary alicyclic amines) is 1. The summed E-state index contributed by atoms with van der Waals surface area (Å²) in [5.74, 6) is -1.43. The number of hydrogen-bond donors (Lipinski definition) is 2. The Kier molecular flexibility index (Phi) is 9.04. The van der Waals surface area contributed by atoms with E-state index in [0.717, 1.165) is 49.3 Å². The molecule has 2 aromatic heterocycles. The molecule has 0 aromatic carbocycles. The third kappa shape index (κ3) is 6.83. The van der Waals surface area contributed by atoms with Crippen LogP contribution in [0.4, 0.5) is 27.8 Å². The van der Waals surface area contributed by atoms with Crippen LogP contribution in [0.2, 0.25) is 0 Å². The highest BCUT2D eigenvalue weighted by Crippen LogP contribution is 2.39. The van der Waals surface area contributed by atoms with Gasteiger partial charge in [0.25, 0.3) is 18.2 Å². The van der Waals surface area contributed by atoms with Gasteiger partial charge in [-0.15, -0.1) is 11.3 Å². The molecule has 3 atom stereocenters. The van der Waals surface area contributed by atoms with Gasteiger partial charge >= 0.3 is 6.18 Å². The molecule has 2 aromatic rings. The van der Waals surface area contributed by atoms with Crippen molar-refractivity contribution in [2.45, 2.75) is 76.7 Å². The lowest BCUT2D eigenvalue weighted by atomic mass is 10.1. The molecule has 214 valence electrons. The number of aromatic nitrogens is 2. The molecule has 2 fully saturated rings. The molecule has 0 aliphatic carbocycles. The van der Waals surface area contributed by atoms with Crippen LogP contribution >= 0.6 is 11.3 Å². The Bertz CT molecular complexity index is 1180. The summed E-state index contributed by atoms with van der Waals surface area (Å²) in [6.07, 6.45) is -2.91. The van der Waals surface area contributed by atoms with Crippen LogP contribution in [0.1, 0.15) is 78.2 Å². The second-order valence-corrected chi connectivity index (χ2v) is 10.7. The maximum absolute atomic E-state index is 14.2. The van der Waals surface area contributed by atoms with Crippen molar-refractivity contribution < 1.29 is 36.3 Å². The van der Waals surface area contributed by atoms with E-state index in [1.54, 1.807) is 4.90 Å². The van der Waals surface area contributed by atoms with E-state index in [0.29, 0.717) is 19.6 Å². The SMILES string of the molecule is CCCC1CCC(C)N1C(=O)c1nc(C(=O)NC2CCOC2)sc1-c1cnc(NCC(F)(F)F)cc1C(F)F. The maximum atomic E-state index is 14.2. The first-order valence-electron chi connectivity index (χ1n) is 12.8. The van der Waals surface area contributed by atoms with Crippen LogP contribution in [-0.2, 0) is 4.74 Å². The van der Waals surface area contributed by atoms with Crippen LogP contribution < -0.4 is 10.6 Å². The number of nitrogens with one attached hydrogen (secondary N) is 2. The number of anilines is 1. The quantitative estimate of drug-likeness (QED) is 0.388. The highest BCUT2D eigenvalue weighted by Gasteiger charge is 2.38. The van der Waals surface area contributed by atoms with E-state index in [1.165, 1.54) is 0 Å². The zero-order valence-corrected chi connectivity index (χ0v) is 22.3. The highest BCUT2D eigenvalue weighted by molar-refractivity contribution is 7.17. The molecule has 39 heavy (non-hydrogen) atoms. The molecule has 0 spiro atoms. The molecule has 0 bridgehead atoms. The second kappa shape index (κ2) is 12.1. The average molecular weight is 576 g/mol. The molecule has 2 aliphatic heterocycles. The predicted molar refractivity (Wildman–Crippen MR) is 135 cm³/mol. The fourth-order valence-corrected chi connectivity index (χ4v) is 5.94. The third-order valence-corrected chi connectivity index (χ3v) is 7.90. The topological polar surface area (TPSA) is 96.5 Å². The zero-order chi connectivity index (χ0) is 28.3. The molecule has 2 amide bonds. The molecule has 0 radical (unpaired) electrons. The van der Waals surface area contributed by atoms with E-state index in [-0.39, 0.29) is 45.1 Å². The minimum atomic E-state index is -4.57. The number of carbonyl (C=O) groups excluding carboxylic acids is 2. The number of pyridine rings is 1. The van der Waals surface area contributed by atoms with Crippen molar-refractivity contribution in [1.82, 2.24) is 20.2 Å². The average Bonchev–Trinajstić information content (AvgIpc) is 3.62. The van der Waals surface area contributed by atoms with Gasteiger partial charge in [0, 0.05) is 36.0 Å². The summed E-state index contributed by atoms with van der Waals surface area (Å²) in [6.45, 7) is 3.27. The van der Waals surface area contributed by atoms with Gasteiger partial charge in [-0.2, -0.15) is 13.2 Å². The Hall–Kier alpha value is -2.87. The van der Waals surface area contributed by atoms with Gasteiger partial charge in [0.1, 0.15) is 18.1 Å². The largest absolute Gasteiger partial charge is 0.405 e. The normalized spacial score (nSPS) is 21.5. The van der Waals surface area contributed by atoms with Crippen molar-refractivity contribution in [3.8, 4) is 10.4 Å². The van der Waals surface area contributed by atoms with Gasteiger partial charge in [0.2, 0.25) is 0 Å². The molecule has 8 nitrogen and oxygen atoms in total. The molecule has 2 aliphatic rings. The predicted octanol–water partition coefficient (Wildman–Crippen LogP) is 5.43. The van der Waals surface area contributed by atoms with Gasteiger partial charge in [-0.05, 0) is 38.7 Å². The summed E-state index contributed by atoms with van der Waals surface area (Å²) < 4.78 is 71.6. The summed E-state index contributed by atoms with van der Waals surface area (Å²) in [5.41, 5.74) is -0.934. The van der Waals surface area contributed by atoms with Gasteiger partial charge in [-0.3, -0.25) is 9.59 Å². The van der Waals surface area contributed by atoms with Crippen molar-refractivity contribution in [3.05, 3.63) is 28.5 Å². The Morgan fingerprint density at radius 2 is 2.03 bits per heavy atom. The van der Waals surface area contributed by atoms with Gasteiger partial charge in [-0.25, -0.2) is 18.7 Å². The van der Waals surface area contributed by atoms with Gasteiger partial charge in [-0.1, -0.05) is 13.3 Å². The minimum Gasteiger partial charge on any atom is -0.379 e. The van der Waals surface area contributed by atoms with E-state index < -0.39 is 36.5 Å². The summed E-state index contributed by atoms with van der Waals surface area (Å²) in [6, 6.07) is 0.418. The number of amides is 2. The Morgan fingerprint density at radius 3 is 2.67 bits per heavy atom. The molecule has 2 saturated heterocycles. The van der Waals surface area contributed by atoms with Crippen molar-refractivity contribution in [1.29, 1.82) is 0 Å². The first kappa shape index (κ1) is 29.1. The van der Waals surface area contributed by atoms with Gasteiger partial charge in [0.05, 0.1) is 17.5 Å². The molecule has 4 rings (SSSR count). The van der Waals surface area contributed by atoms with Gasteiger partial charge in [0.15, 0.2) is 5.01 Å². The number of halogens is 5. The maximum Gasteiger partial charge on any atom is 0.405 e. The van der Waals surface area contributed by atoms with Crippen LogP contribution in [-0.4, -0.2) is 70.7 Å². The molecule has 2 N–H and O–H groups in total. The number of thiazole rings is 1. The smallest absolute Gasteiger partial charge is 0.379 e. The van der Waals surface area contributed by atoms with Crippen molar-refractivity contribution in [2.24, 2.45) is 0 Å². The number of carbonyl (C=O) groups is 2. The number of hydrogen-bond acceptors (Lipinski definition) is 7. The monoisotopic (exact) mass is 575 g/mol. The molecule has 14 heteroatoms. The standard InChI is InChI=1S/C25H30F5N5O3S/c1-3-4-15-6-5-13(2)35(15)24(37)19-20(39-23(34-19)22(36)33-14-7-8-38-11-14)17-10-31-18(9-16(17)21(26)27)32-12-25(28,29)30/h9-10,13-15,21H,3-8,11-12H2,1-2H3,(H,31,32)(H,33,36). The summed E-state index contributed by atoms with van der Waals surface area (Å²) >= 11 is 0.777. The first-order valence-corrected chi connectivity index (χ1v) is 13.6. The van der Waals surface area contributed by atoms with Crippen LogP contribution in [0.15, 0.2) is 12.3 Å². The fourth-order valence-electron chi connectivity index (χ4n) is 4.95. The van der Waals surface area contributed by atoms with E-state index in [9.17, 15) is 31.5 Å². The van der Waals surface area contributed by atoms with Crippen molar-refractivity contribution >= 4 is 29.0 Å². The third-order valence-electron chi connectivity index (χ3n) is 6.82. The van der Waals surface area contributed by atoms with E-state index in [2.05, 4.69) is 15.3 Å². The Balaban J connectivity index is 1.75. The van der Waals surface area contributed by atoms with Crippen LogP contribution in [0.25, 0.3) is 10.4 Å². The summed E-state index contributed by atoms with van der Waals surface area (Å²) in [4.78, 5) is 36.8. The van der Waals surface area contributed by atoms with Crippen molar-refractivity contribution in [2.75, 3.05) is 25.1 Å². The Morgan fingerprint density at radius 1 is 1.26 bits per heavy atom. The van der Waals surface area contributed by atoms with Gasteiger partial charge < -0.3 is 20.3 Å². The number of nitrogens with zero attached hydrogens (tertiary/aromatic N) is 3. The molecule has 4 heterocycles. The van der Waals surface area contributed by atoms with Crippen LogP contribution in [0, 0.1) is 0 Å². The lowest BCUT2D eigenvalue weighted by Gasteiger charge is -2.28. The van der Waals surface area contributed by atoms with Crippen LogP contribution in [0.5, 0.6) is 0 Å². The summed E-state index contributed by atoms with van der Waals surface area (Å²) in [5, 5.41) is 4.70. The first-order chi connectivity index (χ1) is 18.5. The fraction of sp³-hybridized carbons (Fsp3) is 0.600. The lowest BCUT2D eigenvalue weighted by Crippen LogP contribution is -2.40. The highest BCUT2D eigenvalue weighted by atomic mass is 32.1. The summed E-state index contributed by atoms with van der Waals surface area (Å²) in [7, 11) is 0. The number of ether oxygens (including phenoxy) is 1. The zero-order valence-electron chi connectivity index (χ0n) is 21.5. The minimum absolute atomic E-state index is 0.0207. The molecule has 0 saturated carbocycles. The van der Waals surface area contributed by atoms with E-state index in [4.69, 9.17) is 4.74 Å². The number of alkyl halides is 5. The van der Waals surface area contributed by atoms with Crippen molar-refractivity contribution in [3.63, 3.8) is 0 Å². The lowest BCUT2D eigenvalue weighted by molar-refractivity contribution is -0.115.